The molecule has 0 radical (unpaired) electrons. The molecule has 2 amide bonds. The predicted octanol–water partition coefficient (Wildman–Crippen LogP) is 1.54. The smallest absolute Gasteiger partial charge is 0.256 e. The minimum absolute atomic E-state index is 0.0462. The third-order valence-corrected chi connectivity index (χ3v) is 3.83. The highest BCUT2D eigenvalue weighted by Gasteiger charge is 2.43. The van der Waals surface area contributed by atoms with Crippen LogP contribution in [0.15, 0.2) is 22.9 Å². The van der Waals surface area contributed by atoms with E-state index in [1.807, 2.05) is 0 Å². The van der Waals surface area contributed by atoms with Gasteiger partial charge in [-0.2, -0.15) is 0 Å². The summed E-state index contributed by atoms with van der Waals surface area (Å²) in [6.45, 7) is 4.62. The Kier molecular flexibility index (Phi) is 3.62. The van der Waals surface area contributed by atoms with E-state index in [1.54, 1.807) is 43.0 Å². The van der Waals surface area contributed by atoms with Crippen molar-refractivity contribution in [3.8, 4) is 0 Å². The molecule has 0 unspecified atom stereocenters. The van der Waals surface area contributed by atoms with Crippen LogP contribution in [0.1, 0.15) is 24.2 Å². The number of halogens is 1. The summed E-state index contributed by atoms with van der Waals surface area (Å²) in [6, 6.07) is 1.72. The first-order chi connectivity index (χ1) is 8.84. The summed E-state index contributed by atoms with van der Waals surface area (Å²) < 4.78 is 0.747. The van der Waals surface area contributed by atoms with E-state index >= 15 is 0 Å². The van der Waals surface area contributed by atoms with Crippen molar-refractivity contribution in [2.45, 2.75) is 19.4 Å². The van der Waals surface area contributed by atoms with E-state index in [4.69, 9.17) is 0 Å². The minimum atomic E-state index is -0.827. The van der Waals surface area contributed by atoms with E-state index in [0.29, 0.717) is 18.7 Å². The van der Waals surface area contributed by atoms with Gasteiger partial charge in [-0.25, -0.2) is 0 Å². The molecule has 0 saturated carbocycles. The van der Waals surface area contributed by atoms with Gasteiger partial charge in [0.1, 0.15) is 5.54 Å². The molecule has 0 bridgehead atoms. The Hall–Kier alpha value is -1.43. The molecule has 1 fully saturated rings. The van der Waals surface area contributed by atoms with Crippen molar-refractivity contribution < 1.29 is 9.59 Å². The van der Waals surface area contributed by atoms with Gasteiger partial charge in [-0.05, 0) is 35.8 Å². The monoisotopic (exact) mass is 325 g/mol. The van der Waals surface area contributed by atoms with Gasteiger partial charge in [0, 0.05) is 37.0 Å². The molecule has 5 nitrogen and oxygen atoms in total. The molecule has 1 saturated heterocycles. The lowest BCUT2D eigenvalue weighted by molar-refractivity contribution is -0.144. The molecule has 19 heavy (non-hydrogen) atoms. The number of rotatable bonds is 1. The van der Waals surface area contributed by atoms with Gasteiger partial charge in [0.05, 0.1) is 5.56 Å². The maximum atomic E-state index is 12.5. The lowest BCUT2D eigenvalue weighted by Gasteiger charge is -2.44. The number of carbonyl (C=O) groups excluding carboxylic acids is 2. The van der Waals surface area contributed by atoms with Gasteiger partial charge in [-0.1, -0.05) is 0 Å². The Morgan fingerprint density at radius 1 is 1.37 bits per heavy atom. The number of hydrogen-bond acceptors (Lipinski definition) is 3. The second-order valence-corrected chi connectivity index (χ2v) is 6.05. The fraction of sp³-hybridized carbons (Fsp3) is 0.462. The van der Waals surface area contributed by atoms with Crippen LogP contribution in [0.5, 0.6) is 0 Å². The first-order valence-corrected chi connectivity index (χ1v) is 6.81. The number of pyridine rings is 1. The van der Waals surface area contributed by atoms with Crippen molar-refractivity contribution in [2.24, 2.45) is 0 Å². The zero-order valence-electron chi connectivity index (χ0n) is 11.2. The van der Waals surface area contributed by atoms with Crippen molar-refractivity contribution in [2.75, 3.05) is 20.1 Å². The molecule has 0 N–H and O–H groups in total. The van der Waals surface area contributed by atoms with E-state index in [0.717, 1.165) is 4.47 Å². The summed E-state index contributed by atoms with van der Waals surface area (Å²) in [6.07, 6.45) is 3.14. The van der Waals surface area contributed by atoms with Gasteiger partial charge in [0.15, 0.2) is 0 Å². The van der Waals surface area contributed by atoms with Gasteiger partial charge in [0.25, 0.3) is 5.91 Å². The molecule has 0 spiro atoms. The highest BCUT2D eigenvalue weighted by Crippen LogP contribution is 2.24. The maximum absolute atomic E-state index is 12.5. The van der Waals surface area contributed by atoms with Crippen molar-refractivity contribution >= 4 is 27.7 Å². The molecule has 1 aromatic heterocycles. The Balaban J connectivity index is 2.31. The molecule has 1 aromatic rings. The van der Waals surface area contributed by atoms with Gasteiger partial charge >= 0.3 is 0 Å². The van der Waals surface area contributed by atoms with Crippen LogP contribution in [0.4, 0.5) is 0 Å². The number of aromatic nitrogens is 1. The normalized spacial score (nSPS) is 18.6. The standard InChI is InChI=1S/C13H16BrN3O2/c1-13(2)12(19)16(3)4-5-17(13)11(18)9-6-10(14)8-15-7-9/h6-8H,4-5H2,1-3H3. The largest absolute Gasteiger partial charge is 0.342 e. The Labute approximate surface area is 120 Å². The average Bonchev–Trinajstić information content (AvgIpc) is 2.35. The zero-order valence-corrected chi connectivity index (χ0v) is 12.8. The second kappa shape index (κ2) is 4.92. The fourth-order valence-corrected chi connectivity index (χ4v) is 2.62. The quantitative estimate of drug-likeness (QED) is 0.787. The van der Waals surface area contributed by atoms with Crippen LogP contribution in [0.3, 0.4) is 0 Å². The third kappa shape index (κ3) is 2.49. The highest BCUT2D eigenvalue weighted by molar-refractivity contribution is 9.10. The molecular formula is C13H16BrN3O2. The summed E-state index contributed by atoms with van der Waals surface area (Å²) in [4.78, 5) is 31.9. The lowest BCUT2D eigenvalue weighted by Crippen LogP contribution is -2.63. The van der Waals surface area contributed by atoms with E-state index in [-0.39, 0.29) is 11.8 Å². The van der Waals surface area contributed by atoms with E-state index in [9.17, 15) is 9.59 Å². The molecule has 0 aliphatic carbocycles. The maximum Gasteiger partial charge on any atom is 0.256 e. The Morgan fingerprint density at radius 3 is 2.68 bits per heavy atom. The molecule has 2 heterocycles. The predicted molar refractivity (Wildman–Crippen MR) is 74.7 cm³/mol. The topological polar surface area (TPSA) is 53.5 Å². The molecular weight excluding hydrogens is 310 g/mol. The first kappa shape index (κ1) is 14.0. The van der Waals surface area contributed by atoms with E-state index in [1.165, 1.54) is 6.20 Å². The zero-order chi connectivity index (χ0) is 14.2. The van der Waals surface area contributed by atoms with E-state index in [2.05, 4.69) is 20.9 Å². The van der Waals surface area contributed by atoms with Crippen molar-refractivity contribution in [3.63, 3.8) is 0 Å². The molecule has 2 rings (SSSR count). The summed E-state index contributed by atoms with van der Waals surface area (Å²) >= 11 is 3.30. The van der Waals surface area contributed by atoms with Crippen LogP contribution in [0.2, 0.25) is 0 Å². The average molecular weight is 326 g/mol. The number of hydrogen-bond donors (Lipinski definition) is 0. The fourth-order valence-electron chi connectivity index (χ4n) is 2.25. The van der Waals surface area contributed by atoms with E-state index < -0.39 is 5.54 Å². The van der Waals surface area contributed by atoms with Crippen LogP contribution in [0, 0.1) is 0 Å². The molecule has 102 valence electrons. The minimum Gasteiger partial charge on any atom is -0.342 e. The second-order valence-electron chi connectivity index (χ2n) is 5.13. The van der Waals surface area contributed by atoms with Crippen LogP contribution in [-0.4, -0.2) is 52.3 Å². The van der Waals surface area contributed by atoms with Gasteiger partial charge in [-0.15, -0.1) is 0 Å². The molecule has 0 atom stereocenters. The summed E-state index contributed by atoms with van der Waals surface area (Å²) in [5.74, 6) is -0.213. The number of carbonyl (C=O) groups is 2. The van der Waals surface area contributed by atoms with Crippen molar-refractivity contribution in [1.29, 1.82) is 0 Å². The Bertz CT molecular complexity index is 530. The number of piperazine rings is 1. The summed E-state index contributed by atoms with van der Waals surface area (Å²) in [7, 11) is 1.76. The van der Waals surface area contributed by atoms with Gasteiger partial charge in [-0.3, -0.25) is 14.6 Å². The first-order valence-electron chi connectivity index (χ1n) is 6.02. The van der Waals surface area contributed by atoms with Crippen LogP contribution in [0.25, 0.3) is 0 Å². The number of nitrogens with zero attached hydrogens (tertiary/aromatic N) is 3. The number of amides is 2. The molecule has 1 aliphatic rings. The van der Waals surface area contributed by atoms with Crippen molar-refractivity contribution in [3.05, 3.63) is 28.5 Å². The highest BCUT2D eigenvalue weighted by atomic mass is 79.9. The number of likely N-dealkylation sites (N-methyl/N-ethyl adjacent to an activating group) is 1. The van der Waals surface area contributed by atoms with Crippen LogP contribution >= 0.6 is 15.9 Å². The Morgan fingerprint density at radius 2 is 2.05 bits per heavy atom. The summed E-state index contributed by atoms with van der Waals surface area (Å²) in [5, 5.41) is 0. The summed E-state index contributed by atoms with van der Waals surface area (Å²) in [5.41, 5.74) is -0.341. The molecule has 0 aromatic carbocycles. The molecule has 1 aliphatic heterocycles. The lowest BCUT2D eigenvalue weighted by atomic mass is 9.97. The van der Waals surface area contributed by atoms with Crippen molar-refractivity contribution in [1.82, 2.24) is 14.8 Å². The van der Waals surface area contributed by atoms with Crippen LogP contribution in [-0.2, 0) is 4.79 Å². The van der Waals surface area contributed by atoms with Gasteiger partial charge < -0.3 is 9.80 Å². The van der Waals surface area contributed by atoms with Crippen LogP contribution < -0.4 is 0 Å². The SMILES string of the molecule is CN1CCN(C(=O)c2cncc(Br)c2)C(C)(C)C1=O. The van der Waals surface area contributed by atoms with Gasteiger partial charge in [0.2, 0.25) is 5.91 Å². The third-order valence-electron chi connectivity index (χ3n) is 3.40. The molecule has 6 heteroatoms.